The Hall–Kier alpha value is -2.69. The van der Waals surface area contributed by atoms with Crippen LogP contribution in [0.4, 0.5) is 5.69 Å². The van der Waals surface area contributed by atoms with E-state index in [1.54, 1.807) is 38.4 Å². The topological polar surface area (TPSA) is 97.7 Å². The lowest BCUT2D eigenvalue weighted by molar-refractivity contribution is -0.120. The number of hydrogen-bond acceptors (Lipinski definition) is 6. The van der Waals surface area contributed by atoms with Crippen LogP contribution < -0.4 is 14.9 Å². The van der Waals surface area contributed by atoms with Crippen molar-refractivity contribution in [2.45, 2.75) is 17.7 Å². The molecule has 2 heterocycles. The molecule has 1 aliphatic heterocycles. The Morgan fingerprint density at radius 1 is 1.16 bits per heavy atom. The molecule has 1 aromatic heterocycles. The van der Waals surface area contributed by atoms with Gasteiger partial charge in [-0.3, -0.25) is 9.59 Å². The fourth-order valence-corrected chi connectivity index (χ4v) is 6.25. The Morgan fingerprint density at radius 3 is 2.58 bits per heavy atom. The number of aryl methyl sites for hydroxylation is 1. The lowest BCUT2D eigenvalue weighted by atomic mass is 9.97. The molecule has 0 bridgehead atoms. The highest BCUT2D eigenvalue weighted by atomic mass is 32.2. The van der Waals surface area contributed by atoms with Crippen molar-refractivity contribution in [3.05, 3.63) is 52.1 Å². The summed E-state index contributed by atoms with van der Waals surface area (Å²) in [6.45, 7) is 0.519. The summed E-state index contributed by atoms with van der Waals surface area (Å²) in [7, 11) is -0.494. The van der Waals surface area contributed by atoms with Gasteiger partial charge in [-0.15, -0.1) is 0 Å². The number of aromatic nitrogens is 1. The molecule has 1 fully saturated rings. The van der Waals surface area contributed by atoms with Gasteiger partial charge in [0.1, 0.15) is 5.75 Å². The number of benzene rings is 2. The van der Waals surface area contributed by atoms with Crippen LogP contribution in [0.25, 0.3) is 10.2 Å². The van der Waals surface area contributed by atoms with Gasteiger partial charge in [-0.05, 0) is 43.2 Å². The van der Waals surface area contributed by atoms with Gasteiger partial charge in [-0.25, -0.2) is 8.42 Å². The number of sulfonamides is 1. The second kappa shape index (κ2) is 8.45. The SMILES string of the molecule is COc1ccccc1NC(=O)C1CCN(S(=O)(=O)c2ccc3c(c2)sc(=O)n3C)CC1. The zero-order chi connectivity index (χ0) is 22.2. The maximum Gasteiger partial charge on any atom is 0.307 e. The van der Waals surface area contributed by atoms with Gasteiger partial charge < -0.3 is 14.6 Å². The summed E-state index contributed by atoms with van der Waals surface area (Å²) in [5.74, 6) is 0.157. The average Bonchev–Trinajstić information content (AvgIpc) is 3.07. The Kier molecular flexibility index (Phi) is 5.87. The zero-order valence-electron chi connectivity index (χ0n) is 17.2. The minimum Gasteiger partial charge on any atom is -0.495 e. The number of anilines is 1. The molecular weight excluding hydrogens is 438 g/mol. The van der Waals surface area contributed by atoms with Crippen LogP contribution in [0.3, 0.4) is 0 Å². The van der Waals surface area contributed by atoms with E-state index in [1.165, 1.54) is 14.9 Å². The lowest BCUT2D eigenvalue weighted by Gasteiger charge is -2.30. The molecule has 2 aromatic carbocycles. The van der Waals surface area contributed by atoms with Gasteiger partial charge in [0, 0.05) is 26.1 Å². The van der Waals surface area contributed by atoms with Crippen molar-refractivity contribution in [2.75, 3.05) is 25.5 Å². The number of hydrogen-bond donors (Lipinski definition) is 1. The van der Waals surface area contributed by atoms with E-state index < -0.39 is 10.0 Å². The molecule has 31 heavy (non-hydrogen) atoms. The highest BCUT2D eigenvalue weighted by Gasteiger charge is 2.32. The van der Waals surface area contributed by atoms with Crippen molar-refractivity contribution in [1.82, 2.24) is 8.87 Å². The molecule has 8 nitrogen and oxygen atoms in total. The number of nitrogens with one attached hydrogen (secondary N) is 1. The number of carbonyl (C=O) groups is 1. The number of amides is 1. The molecule has 0 spiro atoms. The maximum atomic E-state index is 13.1. The van der Waals surface area contributed by atoms with Crippen LogP contribution in [0.1, 0.15) is 12.8 Å². The van der Waals surface area contributed by atoms with Gasteiger partial charge in [0.05, 0.1) is 27.9 Å². The standard InChI is InChI=1S/C21H23N3O5S2/c1-23-17-8-7-15(13-19(17)30-21(23)26)31(27,28)24-11-9-14(10-12-24)20(25)22-16-5-3-4-6-18(16)29-2/h3-8,13-14H,9-12H2,1-2H3,(H,22,25). The summed E-state index contributed by atoms with van der Waals surface area (Å²) in [5.41, 5.74) is 1.31. The number of methoxy groups -OCH3 is 1. The summed E-state index contributed by atoms with van der Waals surface area (Å²) >= 11 is 1.03. The van der Waals surface area contributed by atoms with E-state index in [0.717, 1.165) is 11.3 Å². The minimum absolute atomic E-state index is 0.133. The second-order valence-corrected chi connectivity index (χ2v) is 10.4. The molecular formula is C21H23N3O5S2. The van der Waals surface area contributed by atoms with E-state index in [1.807, 2.05) is 12.1 Å². The largest absolute Gasteiger partial charge is 0.495 e. The fraction of sp³-hybridized carbons (Fsp3) is 0.333. The van der Waals surface area contributed by atoms with Crippen LogP contribution >= 0.6 is 11.3 Å². The van der Waals surface area contributed by atoms with E-state index in [2.05, 4.69) is 5.32 Å². The second-order valence-electron chi connectivity index (χ2n) is 7.42. The third kappa shape index (κ3) is 4.10. The van der Waals surface area contributed by atoms with Crippen LogP contribution in [-0.4, -0.2) is 43.4 Å². The third-order valence-electron chi connectivity index (χ3n) is 5.59. The highest BCUT2D eigenvalue weighted by molar-refractivity contribution is 7.89. The molecule has 0 atom stereocenters. The summed E-state index contributed by atoms with van der Waals surface area (Å²) in [5, 5.41) is 2.88. The number of carbonyl (C=O) groups excluding carboxylic acids is 1. The molecule has 0 unspecified atom stereocenters. The molecule has 164 valence electrons. The number of piperidine rings is 1. The fourth-order valence-electron chi connectivity index (χ4n) is 3.76. The van der Waals surface area contributed by atoms with Gasteiger partial charge in [0.2, 0.25) is 15.9 Å². The lowest BCUT2D eigenvalue weighted by Crippen LogP contribution is -2.41. The van der Waals surface area contributed by atoms with Gasteiger partial charge in [0.15, 0.2) is 0 Å². The van der Waals surface area contributed by atoms with E-state index in [9.17, 15) is 18.0 Å². The smallest absolute Gasteiger partial charge is 0.307 e. The summed E-state index contributed by atoms with van der Waals surface area (Å²) < 4.78 is 35.0. The van der Waals surface area contributed by atoms with Crippen LogP contribution in [-0.2, 0) is 21.9 Å². The molecule has 0 saturated carbocycles. The highest BCUT2D eigenvalue weighted by Crippen LogP contribution is 2.29. The van der Waals surface area contributed by atoms with Crippen LogP contribution in [0.5, 0.6) is 5.75 Å². The molecule has 4 rings (SSSR count). The molecule has 1 aliphatic rings. The van der Waals surface area contributed by atoms with Crippen molar-refractivity contribution < 1.29 is 17.9 Å². The summed E-state index contributed by atoms with van der Waals surface area (Å²) in [4.78, 5) is 24.6. The van der Waals surface area contributed by atoms with Crippen LogP contribution in [0.2, 0.25) is 0 Å². The first-order valence-corrected chi connectivity index (χ1v) is 12.1. The first-order chi connectivity index (χ1) is 14.8. The van der Waals surface area contributed by atoms with Gasteiger partial charge in [0.25, 0.3) is 0 Å². The average molecular weight is 462 g/mol. The quantitative estimate of drug-likeness (QED) is 0.630. The monoisotopic (exact) mass is 461 g/mol. The number of nitrogens with zero attached hydrogens (tertiary/aromatic N) is 2. The molecule has 10 heteroatoms. The molecule has 0 radical (unpaired) electrons. The Morgan fingerprint density at radius 2 is 1.87 bits per heavy atom. The Labute approximate surface area is 184 Å². The Bertz CT molecular complexity index is 1290. The molecule has 1 N–H and O–H groups in total. The van der Waals surface area contributed by atoms with E-state index >= 15 is 0 Å². The maximum absolute atomic E-state index is 13.1. The van der Waals surface area contributed by atoms with Crippen LogP contribution in [0, 0.1) is 5.92 Å². The number of thiazole rings is 1. The van der Waals surface area contributed by atoms with Gasteiger partial charge in [-0.2, -0.15) is 4.31 Å². The van der Waals surface area contributed by atoms with Gasteiger partial charge >= 0.3 is 4.87 Å². The minimum atomic E-state index is -3.70. The first-order valence-electron chi connectivity index (χ1n) is 9.85. The number of rotatable bonds is 5. The van der Waals surface area contributed by atoms with Crippen molar-refractivity contribution in [3.8, 4) is 5.75 Å². The number of para-hydroxylation sites is 2. The van der Waals surface area contributed by atoms with Gasteiger partial charge in [-0.1, -0.05) is 23.5 Å². The van der Waals surface area contributed by atoms with Crippen molar-refractivity contribution >= 4 is 43.2 Å². The molecule has 3 aromatic rings. The predicted octanol–water partition coefficient (Wildman–Crippen LogP) is 2.65. The zero-order valence-corrected chi connectivity index (χ0v) is 18.8. The van der Waals surface area contributed by atoms with E-state index in [-0.39, 0.29) is 34.7 Å². The molecule has 1 amide bonds. The Balaban J connectivity index is 1.45. The normalized spacial score (nSPS) is 15.8. The van der Waals surface area contributed by atoms with Crippen molar-refractivity contribution in [2.24, 2.45) is 13.0 Å². The number of fused-ring (bicyclic) bond motifs is 1. The summed E-state index contributed by atoms with van der Waals surface area (Å²) in [6.07, 6.45) is 0.863. The van der Waals surface area contributed by atoms with E-state index in [0.29, 0.717) is 34.5 Å². The number of ether oxygens (including phenoxy) is 1. The first kappa shape index (κ1) is 21.5. The van der Waals surface area contributed by atoms with Crippen molar-refractivity contribution in [3.63, 3.8) is 0 Å². The van der Waals surface area contributed by atoms with Crippen molar-refractivity contribution in [1.29, 1.82) is 0 Å². The predicted molar refractivity (Wildman–Crippen MR) is 120 cm³/mol. The molecule has 1 saturated heterocycles. The van der Waals surface area contributed by atoms with Crippen LogP contribution in [0.15, 0.2) is 52.2 Å². The van der Waals surface area contributed by atoms with E-state index in [4.69, 9.17) is 4.74 Å². The summed E-state index contributed by atoms with van der Waals surface area (Å²) in [6, 6.07) is 11.9. The third-order valence-corrected chi connectivity index (χ3v) is 8.48. The molecule has 0 aliphatic carbocycles.